The van der Waals surface area contributed by atoms with Crippen molar-refractivity contribution in [3.63, 3.8) is 0 Å². The molecule has 1 aromatic heterocycles. The monoisotopic (exact) mass is 410 g/mol. The molecule has 6 heteroatoms. The zero-order valence-electron chi connectivity index (χ0n) is 16.9. The Bertz CT molecular complexity index is 925. The Labute approximate surface area is 175 Å². The predicted molar refractivity (Wildman–Crippen MR) is 117 cm³/mol. The van der Waals surface area contributed by atoms with Crippen LogP contribution in [0.15, 0.2) is 65.3 Å². The molecule has 0 aliphatic heterocycles. The van der Waals surface area contributed by atoms with Crippen molar-refractivity contribution in [3.8, 4) is 17.2 Å². The number of nitrogens with zero attached hydrogens (tertiary/aromatic N) is 1. The van der Waals surface area contributed by atoms with Crippen LogP contribution in [0.5, 0.6) is 5.75 Å². The average molecular weight is 411 g/mol. The van der Waals surface area contributed by atoms with Crippen molar-refractivity contribution in [2.75, 3.05) is 5.75 Å². The van der Waals surface area contributed by atoms with Gasteiger partial charge in [0.25, 0.3) is 0 Å². The molecule has 0 saturated heterocycles. The Morgan fingerprint density at radius 2 is 1.93 bits per heavy atom. The number of amides is 1. The van der Waals surface area contributed by atoms with Gasteiger partial charge in [-0.2, -0.15) is 0 Å². The Balaban J connectivity index is 1.46. The summed E-state index contributed by atoms with van der Waals surface area (Å²) in [5.74, 6) is 2.39. The van der Waals surface area contributed by atoms with Crippen LogP contribution >= 0.6 is 11.8 Å². The van der Waals surface area contributed by atoms with Gasteiger partial charge in [0.2, 0.25) is 11.8 Å². The number of hydrogen-bond acceptors (Lipinski definition) is 5. The minimum absolute atomic E-state index is 0.00976. The molecule has 152 valence electrons. The summed E-state index contributed by atoms with van der Waals surface area (Å²) in [5, 5.41) is 3.03. The van der Waals surface area contributed by atoms with E-state index in [1.165, 1.54) is 11.8 Å². The molecule has 0 spiro atoms. The molecule has 0 aliphatic rings. The lowest BCUT2D eigenvalue weighted by molar-refractivity contribution is -0.119. The van der Waals surface area contributed by atoms with Gasteiger partial charge in [0.05, 0.1) is 23.6 Å². The normalized spacial score (nSPS) is 12.0. The average Bonchev–Trinajstić information content (AvgIpc) is 3.17. The highest BCUT2D eigenvalue weighted by Crippen LogP contribution is 2.22. The number of nitrogens with one attached hydrogen (secondary N) is 1. The van der Waals surface area contributed by atoms with Gasteiger partial charge < -0.3 is 14.5 Å². The van der Waals surface area contributed by atoms with Crippen molar-refractivity contribution in [1.29, 1.82) is 0 Å². The van der Waals surface area contributed by atoms with Crippen LogP contribution in [0.4, 0.5) is 0 Å². The SMILES string of the molecule is CC(C)Oc1cccc(C(C)NC(=O)CSCc2coc(-c3ccccc3)n2)c1. The van der Waals surface area contributed by atoms with Crippen molar-refractivity contribution in [2.24, 2.45) is 0 Å². The number of benzene rings is 2. The highest BCUT2D eigenvalue weighted by atomic mass is 32.2. The maximum atomic E-state index is 12.3. The summed E-state index contributed by atoms with van der Waals surface area (Å²) in [6.07, 6.45) is 1.77. The van der Waals surface area contributed by atoms with Crippen molar-refractivity contribution in [3.05, 3.63) is 72.1 Å². The molecule has 1 unspecified atom stereocenters. The first-order chi connectivity index (χ1) is 14.0. The molecule has 29 heavy (non-hydrogen) atoms. The van der Waals surface area contributed by atoms with Crippen LogP contribution in [-0.4, -0.2) is 22.7 Å². The quantitative estimate of drug-likeness (QED) is 0.523. The highest BCUT2D eigenvalue weighted by molar-refractivity contribution is 7.99. The van der Waals surface area contributed by atoms with Crippen molar-refractivity contribution < 1.29 is 13.9 Å². The summed E-state index contributed by atoms with van der Waals surface area (Å²) in [4.78, 5) is 16.8. The third kappa shape index (κ3) is 6.39. The van der Waals surface area contributed by atoms with Gasteiger partial charge in [-0.1, -0.05) is 30.3 Å². The second-order valence-corrected chi connectivity index (χ2v) is 8.02. The lowest BCUT2D eigenvalue weighted by Gasteiger charge is -2.16. The molecule has 3 aromatic rings. The summed E-state index contributed by atoms with van der Waals surface area (Å²) >= 11 is 1.51. The van der Waals surface area contributed by atoms with Crippen LogP contribution in [0.25, 0.3) is 11.5 Å². The largest absolute Gasteiger partial charge is 0.491 e. The van der Waals surface area contributed by atoms with E-state index in [9.17, 15) is 4.79 Å². The molecule has 0 radical (unpaired) electrons. The maximum Gasteiger partial charge on any atom is 0.230 e. The fraction of sp³-hybridized carbons (Fsp3) is 0.304. The lowest BCUT2D eigenvalue weighted by atomic mass is 10.1. The summed E-state index contributed by atoms with van der Waals surface area (Å²) in [6, 6.07) is 17.5. The van der Waals surface area contributed by atoms with E-state index in [0.717, 1.165) is 22.6 Å². The number of hydrogen-bond donors (Lipinski definition) is 1. The summed E-state index contributed by atoms with van der Waals surface area (Å²) in [6.45, 7) is 5.96. The third-order valence-electron chi connectivity index (χ3n) is 4.16. The first-order valence-corrected chi connectivity index (χ1v) is 10.8. The number of carbonyl (C=O) groups excluding carboxylic acids is 1. The van der Waals surface area contributed by atoms with Crippen LogP contribution in [0.3, 0.4) is 0 Å². The Kier molecular flexibility index (Phi) is 7.36. The van der Waals surface area contributed by atoms with E-state index in [1.807, 2.05) is 75.4 Å². The molecule has 1 amide bonds. The number of aromatic nitrogens is 1. The number of oxazole rings is 1. The second kappa shape index (κ2) is 10.2. The first kappa shape index (κ1) is 21.0. The van der Waals surface area contributed by atoms with Gasteiger partial charge in [-0.3, -0.25) is 4.79 Å². The van der Waals surface area contributed by atoms with Crippen LogP contribution in [0, 0.1) is 0 Å². The predicted octanol–water partition coefficient (Wildman–Crippen LogP) is 5.24. The standard InChI is InChI=1S/C23H26N2O3S/c1-16(2)28-21-11-7-10-19(12-21)17(3)24-22(26)15-29-14-20-13-27-23(25-20)18-8-5-4-6-9-18/h4-13,16-17H,14-15H2,1-3H3,(H,24,26). The zero-order chi connectivity index (χ0) is 20.6. The Hall–Kier alpha value is -2.73. The molecule has 2 aromatic carbocycles. The minimum atomic E-state index is -0.0875. The van der Waals surface area contributed by atoms with Crippen molar-refractivity contribution >= 4 is 17.7 Å². The molecule has 0 saturated carbocycles. The molecule has 0 aliphatic carbocycles. The number of rotatable bonds is 9. The van der Waals surface area contributed by atoms with Crippen LogP contribution in [-0.2, 0) is 10.5 Å². The van der Waals surface area contributed by atoms with E-state index >= 15 is 0 Å². The van der Waals surface area contributed by atoms with Crippen molar-refractivity contribution in [1.82, 2.24) is 10.3 Å². The van der Waals surface area contributed by atoms with Crippen LogP contribution < -0.4 is 10.1 Å². The number of carbonyl (C=O) groups is 1. The van der Waals surface area contributed by atoms with Crippen LogP contribution in [0.1, 0.15) is 38.1 Å². The summed E-state index contributed by atoms with van der Waals surface area (Å²) in [7, 11) is 0. The third-order valence-corrected chi connectivity index (χ3v) is 5.13. The van der Waals surface area contributed by atoms with Gasteiger partial charge >= 0.3 is 0 Å². The summed E-state index contributed by atoms with van der Waals surface area (Å²) in [5.41, 5.74) is 2.79. The van der Waals surface area contributed by atoms with E-state index in [2.05, 4.69) is 10.3 Å². The minimum Gasteiger partial charge on any atom is -0.491 e. The van der Waals surface area contributed by atoms with E-state index in [0.29, 0.717) is 17.4 Å². The first-order valence-electron chi connectivity index (χ1n) is 9.65. The van der Waals surface area contributed by atoms with Crippen LogP contribution in [0.2, 0.25) is 0 Å². The van der Waals surface area contributed by atoms with Gasteiger partial charge in [0, 0.05) is 11.3 Å². The van der Waals surface area contributed by atoms with Gasteiger partial charge in [-0.25, -0.2) is 4.98 Å². The molecule has 1 N–H and O–H groups in total. The molecule has 1 heterocycles. The van der Waals surface area contributed by atoms with E-state index in [-0.39, 0.29) is 18.1 Å². The smallest absolute Gasteiger partial charge is 0.230 e. The number of thioether (sulfide) groups is 1. The Morgan fingerprint density at radius 1 is 1.14 bits per heavy atom. The van der Waals surface area contributed by atoms with Gasteiger partial charge in [-0.05, 0) is 50.6 Å². The van der Waals surface area contributed by atoms with Gasteiger partial charge in [0.15, 0.2) is 0 Å². The fourth-order valence-electron chi connectivity index (χ4n) is 2.83. The molecule has 0 bridgehead atoms. The van der Waals surface area contributed by atoms with Gasteiger partial charge in [-0.15, -0.1) is 11.8 Å². The molecular weight excluding hydrogens is 384 g/mol. The highest BCUT2D eigenvalue weighted by Gasteiger charge is 2.12. The zero-order valence-corrected chi connectivity index (χ0v) is 17.7. The fourth-order valence-corrected chi connectivity index (χ4v) is 3.54. The molecule has 5 nitrogen and oxygen atoms in total. The van der Waals surface area contributed by atoms with Gasteiger partial charge in [0.1, 0.15) is 12.0 Å². The van der Waals surface area contributed by atoms with E-state index < -0.39 is 0 Å². The molecule has 3 rings (SSSR count). The Morgan fingerprint density at radius 3 is 2.69 bits per heavy atom. The molecule has 0 fully saturated rings. The molecule has 1 atom stereocenters. The maximum absolute atomic E-state index is 12.3. The molecular formula is C23H26N2O3S. The van der Waals surface area contributed by atoms with Crippen molar-refractivity contribution in [2.45, 2.75) is 38.7 Å². The number of ether oxygens (including phenoxy) is 1. The van der Waals surface area contributed by atoms with E-state index in [1.54, 1.807) is 6.26 Å². The topological polar surface area (TPSA) is 64.4 Å². The van der Waals surface area contributed by atoms with E-state index in [4.69, 9.17) is 9.15 Å². The lowest BCUT2D eigenvalue weighted by Crippen LogP contribution is -2.28. The second-order valence-electron chi connectivity index (χ2n) is 7.03. The summed E-state index contributed by atoms with van der Waals surface area (Å²) < 4.78 is 11.3.